The molecule has 1 saturated heterocycles. The van der Waals surface area contributed by atoms with E-state index in [0.29, 0.717) is 0 Å². The molecule has 2 heteroatoms. The minimum atomic E-state index is 0.184. The summed E-state index contributed by atoms with van der Waals surface area (Å²) in [6.07, 6.45) is 5.00. The molecule has 0 saturated carbocycles. The third-order valence-electron chi connectivity index (χ3n) is 4.14. The fourth-order valence-electron chi connectivity index (χ4n) is 2.69. The lowest BCUT2D eigenvalue weighted by Gasteiger charge is -2.23. The average molecular weight is 246 g/mol. The van der Waals surface area contributed by atoms with Crippen molar-refractivity contribution in [3.05, 3.63) is 29.8 Å². The minimum Gasteiger partial charge on any atom is -0.372 e. The molecule has 2 nitrogen and oxygen atoms in total. The molecule has 1 aliphatic rings. The number of benzene rings is 1. The Bertz CT molecular complexity index is 358. The van der Waals surface area contributed by atoms with Crippen LogP contribution >= 0.6 is 0 Å². The van der Waals surface area contributed by atoms with E-state index in [0.717, 1.165) is 12.3 Å². The quantitative estimate of drug-likeness (QED) is 0.880. The van der Waals surface area contributed by atoms with Crippen LogP contribution in [0.5, 0.6) is 0 Å². The Balaban J connectivity index is 2.04. The van der Waals surface area contributed by atoms with Crippen LogP contribution in [0.15, 0.2) is 24.3 Å². The van der Waals surface area contributed by atoms with Crippen molar-refractivity contribution in [2.24, 2.45) is 11.7 Å². The van der Waals surface area contributed by atoms with E-state index in [2.05, 4.69) is 43.0 Å². The van der Waals surface area contributed by atoms with Crippen molar-refractivity contribution in [1.29, 1.82) is 0 Å². The van der Waals surface area contributed by atoms with Crippen LogP contribution in [-0.4, -0.2) is 13.1 Å². The monoisotopic (exact) mass is 246 g/mol. The second kappa shape index (κ2) is 6.24. The fourth-order valence-corrected chi connectivity index (χ4v) is 2.69. The number of nitrogens with zero attached hydrogens (tertiary/aromatic N) is 1. The third-order valence-corrected chi connectivity index (χ3v) is 4.14. The predicted molar refractivity (Wildman–Crippen MR) is 78.9 cm³/mol. The van der Waals surface area contributed by atoms with Crippen LogP contribution in [0.1, 0.15) is 51.1 Å². The smallest absolute Gasteiger partial charge is 0.0366 e. The van der Waals surface area contributed by atoms with Gasteiger partial charge in [-0.25, -0.2) is 0 Å². The van der Waals surface area contributed by atoms with E-state index in [1.807, 2.05) is 0 Å². The number of nitrogens with two attached hydrogens (primary N) is 1. The second-order valence-electron chi connectivity index (χ2n) is 5.63. The van der Waals surface area contributed by atoms with E-state index < -0.39 is 0 Å². The van der Waals surface area contributed by atoms with Gasteiger partial charge in [0.15, 0.2) is 0 Å². The summed E-state index contributed by atoms with van der Waals surface area (Å²) in [5.74, 6) is 0.878. The first-order chi connectivity index (χ1) is 8.70. The maximum Gasteiger partial charge on any atom is 0.0366 e. The van der Waals surface area contributed by atoms with Crippen LogP contribution in [0, 0.1) is 5.92 Å². The fraction of sp³-hybridized carbons (Fsp3) is 0.625. The van der Waals surface area contributed by atoms with E-state index in [9.17, 15) is 0 Å². The number of hydrogen-bond acceptors (Lipinski definition) is 2. The standard InChI is InChI=1S/C16H26N2/c1-3-16(17)14-6-8-15(9-7-14)18-11-4-5-13(2)10-12-18/h6-9,13,16H,3-5,10-12,17H2,1-2H3/t13?,16-/m0/s1. The van der Waals surface area contributed by atoms with Gasteiger partial charge in [0, 0.05) is 24.8 Å². The van der Waals surface area contributed by atoms with Crippen molar-refractivity contribution in [3.8, 4) is 0 Å². The van der Waals surface area contributed by atoms with Gasteiger partial charge in [-0.3, -0.25) is 0 Å². The Morgan fingerprint density at radius 2 is 1.94 bits per heavy atom. The SMILES string of the molecule is CC[C@H](N)c1ccc(N2CCCC(C)CC2)cc1. The molecule has 0 amide bonds. The number of hydrogen-bond donors (Lipinski definition) is 1. The first kappa shape index (κ1) is 13.4. The van der Waals surface area contributed by atoms with E-state index in [1.165, 1.54) is 43.6 Å². The Morgan fingerprint density at radius 3 is 2.61 bits per heavy atom. The van der Waals surface area contributed by atoms with Crippen molar-refractivity contribution in [2.75, 3.05) is 18.0 Å². The zero-order valence-corrected chi connectivity index (χ0v) is 11.7. The van der Waals surface area contributed by atoms with Crippen LogP contribution < -0.4 is 10.6 Å². The predicted octanol–water partition coefficient (Wildman–Crippen LogP) is 3.72. The van der Waals surface area contributed by atoms with Gasteiger partial charge in [-0.15, -0.1) is 0 Å². The molecular formula is C16H26N2. The van der Waals surface area contributed by atoms with Gasteiger partial charge in [-0.2, -0.15) is 0 Å². The van der Waals surface area contributed by atoms with E-state index in [1.54, 1.807) is 0 Å². The molecule has 1 fully saturated rings. The van der Waals surface area contributed by atoms with Gasteiger partial charge in [-0.1, -0.05) is 26.0 Å². The Kier molecular flexibility index (Phi) is 4.65. The van der Waals surface area contributed by atoms with Crippen molar-refractivity contribution in [3.63, 3.8) is 0 Å². The van der Waals surface area contributed by atoms with Crippen LogP contribution in [0.4, 0.5) is 5.69 Å². The maximum absolute atomic E-state index is 6.05. The van der Waals surface area contributed by atoms with Gasteiger partial charge < -0.3 is 10.6 Å². The van der Waals surface area contributed by atoms with Crippen LogP contribution in [-0.2, 0) is 0 Å². The van der Waals surface area contributed by atoms with Crippen LogP contribution in [0.3, 0.4) is 0 Å². The van der Waals surface area contributed by atoms with Gasteiger partial charge >= 0.3 is 0 Å². The minimum absolute atomic E-state index is 0.184. The van der Waals surface area contributed by atoms with Crippen LogP contribution in [0.2, 0.25) is 0 Å². The molecule has 2 atom stereocenters. The second-order valence-corrected chi connectivity index (χ2v) is 5.63. The lowest BCUT2D eigenvalue weighted by atomic mass is 10.0. The summed E-state index contributed by atoms with van der Waals surface area (Å²) in [5, 5.41) is 0. The zero-order chi connectivity index (χ0) is 13.0. The molecule has 1 aliphatic heterocycles. The molecule has 1 unspecified atom stereocenters. The summed E-state index contributed by atoms with van der Waals surface area (Å²) < 4.78 is 0. The lowest BCUT2D eigenvalue weighted by Crippen LogP contribution is -2.24. The zero-order valence-electron chi connectivity index (χ0n) is 11.7. The first-order valence-electron chi connectivity index (χ1n) is 7.31. The highest BCUT2D eigenvalue weighted by Gasteiger charge is 2.14. The average Bonchev–Trinajstić information content (AvgIpc) is 2.63. The lowest BCUT2D eigenvalue weighted by molar-refractivity contribution is 0.521. The molecule has 0 bridgehead atoms. The molecule has 1 heterocycles. The summed E-state index contributed by atoms with van der Waals surface area (Å²) in [6, 6.07) is 9.04. The normalized spacial score (nSPS) is 22.6. The maximum atomic E-state index is 6.05. The third kappa shape index (κ3) is 3.26. The number of rotatable bonds is 3. The topological polar surface area (TPSA) is 29.3 Å². The van der Waals surface area contributed by atoms with Crippen molar-refractivity contribution >= 4 is 5.69 Å². The molecule has 18 heavy (non-hydrogen) atoms. The van der Waals surface area contributed by atoms with E-state index >= 15 is 0 Å². The molecular weight excluding hydrogens is 220 g/mol. The summed E-state index contributed by atoms with van der Waals surface area (Å²) in [4.78, 5) is 2.52. The summed E-state index contributed by atoms with van der Waals surface area (Å²) in [6.45, 7) is 6.89. The van der Waals surface area contributed by atoms with Gasteiger partial charge in [0.25, 0.3) is 0 Å². The molecule has 1 aromatic carbocycles. The highest BCUT2D eigenvalue weighted by Crippen LogP contribution is 2.24. The molecule has 1 aromatic rings. The van der Waals surface area contributed by atoms with Crippen molar-refractivity contribution in [2.45, 2.75) is 45.6 Å². The van der Waals surface area contributed by atoms with E-state index in [-0.39, 0.29) is 6.04 Å². The highest BCUT2D eigenvalue weighted by molar-refractivity contribution is 5.48. The summed E-state index contributed by atoms with van der Waals surface area (Å²) >= 11 is 0. The Labute approximate surface area is 111 Å². The van der Waals surface area contributed by atoms with Gasteiger partial charge in [0.05, 0.1) is 0 Å². The summed E-state index contributed by atoms with van der Waals surface area (Å²) in [5.41, 5.74) is 8.66. The summed E-state index contributed by atoms with van der Waals surface area (Å²) in [7, 11) is 0. The first-order valence-corrected chi connectivity index (χ1v) is 7.31. The van der Waals surface area contributed by atoms with Crippen molar-refractivity contribution < 1.29 is 0 Å². The van der Waals surface area contributed by atoms with Gasteiger partial charge in [0.1, 0.15) is 0 Å². The highest BCUT2D eigenvalue weighted by atomic mass is 15.1. The molecule has 0 radical (unpaired) electrons. The van der Waals surface area contributed by atoms with Crippen molar-refractivity contribution in [1.82, 2.24) is 0 Å². The molecule has 2 N–H and O–H groups in total. The Hall–Kier alpha value is -1.02. The largest absolute Gasteiger partial charge is 0.372 e. The van der Waals surface area contributed by atoms with Gasteiger partial charge in [0.2, 0.25) is 0 Å². The van der Waals surface area contributed by atoms with Gasteiger partial charge in [-0.05, 0) is 49.3 Å². The van der Waals surface area contributed by atoms with Crippen LogP contribution in [0.25, 0.3) is 0 Å². The molecule has 2 rings (SSSR count). The van der Waals surface area contributed by atoms with E-state index in [4.69, 9.17) is 5.73 Å². The molecule has 0 aliphatic carbocycles. The molecule has 0 aromatic heterocycles. The Morgan fingerprint density at radius 1 is 1.22 bits per heavy atom. The molecule has 0 spiro atoms. The number of anilines is 1. The molecule has 100 valence electrons.